The van der Waals surface area contributed by atoms with Crippen molar-refractivity contribution in [3.8, 4) is 0 Å². The molecule has 0 radical (unpaired) electrons. The van der Waals surface area contributed by atoms with Crippen molar-refractivity contribution in [2.45, 2.75) is 38.0 Å². The summed E-state index contributed by atoms with van der Waals surface area (Å²) in [6.07, 6.45) is 3.10. The average Bonchev–Trinajstić information content (AvgIpc) is 3.18. The highest BCUT2D eigenvalue weighted by Gasteiger charge is 2.40. The second-order valence-corrected chi connectivity index (χ2v) is 7.19. The number of primary sulfonamides is 1. The molecule has 3 N–H and O–H groups in total. The van der Waals surface area contributed by atoms with Crippen LogP contribution in [0.15, 0.2) is 17.0 Å². The van der Waals surface area contributed by atoms with Gasteiger partial charge in [-0.15, -0.1) is 0 Å². The molecule has 0 unspecified atom stereocenters. The predicted molar refractivity (Wildman–Crippen MR) is 76.8 cm³/mol. The SMILES string of the molecule is CCC1(CNC(=O)c2cc(F)c(C)c(S(N)(=O)=O)c2)CC1. The summed E-state index contributed by atoms with van der Waals surface area (Å²) < 4.78 is 36.7. The van der Waals surface area contributed by atoms with Crippen molar-refractivity contribution in [2.75, 3.05) is 6.54 Å². The number of sulfonamides is 1. The first-order valence-corrected chi connectivity index (χ1v) is 8.34. The van der Waals surface area contributed by atoms with Crippen LogP contribution in [0.25, 0.3) is 0 Å². The van der Waals surface area contributed by atoms with Crippen LogP contribution < -0.4 is 10.5 Å². The van der Waals surface area contributed by atoms with Gasteiger partial charge in [0.2, 0.25) is 10.0 Å². The van der Waals surface area contributed by atoms with E-state index < -0.39 is 21.7 Å². The summed E-state index contributed by atoms with van der Waals surface area (Å²) in [5.74, 6) is -1.25. The number of halogens is 1. The Balaban J connectivity index is 2.24. The second-order valence-electron chi connectivity index (χ2n) is 5.66. The third-order valence-electron chi connectivity index (χ3n) is 4.20. The first kappa shape index (κ1) is 15.9. The highest BCUT2D eigenvalue weighted by molar-refractivity contribution is 7.89. The molecule has 0 atom stereocenters. The maximum absolute atomic E-state index is 13.8. The van der Waals surface area contributed by atoms with Gasteiger partial charge in [0.25, 0.3) is 5.91 Å². The predicted octanol–water partition coefficient (Wildman–Crippen LogP) is 1.70. The van der Waals surface area contributed by atoms with Gasteiger partial charge in [0.15, 0.2) is 0 Å². The van der Waals surface area contributed by atoms with Gasteiger partial charge in [-0.1, -0.05) is 6.92 Å². The molecule has 21 heavy (non-hydrogen) atoms. The van der Waals surface area contributed by atoms with Crippen molar-refractivity contribution < 1.29 is 17.6 Å². The molecule has 1 amide bonds. The van der Waals surface area contributed by atoms with Gasteiger partial charge >= 0.3 is 0 Å². The minimum atomic E-state index is -4.07. The quantitative estimate of drug-likeness (QED) is 0.867. The third-order valence-corrected chi connectivity index (χ3v) is 5.23. The number of nitrogens with two attached hydrogens (primary N) is 1. The van der Waals surface area contributed by atoms with E-state index in [1.165, 1.54) is 6.92 Å². The Morgan fingerprint density at radius 1 is 1.43 bits per heavy atom. The van der Waals surface area contributed by atoms with Crippen LogP contribution in [0.2, 0.25) is 0 Å². The minimum absolute atomic E-state index is 0.0333. The molecule has 0 saturated heterocycles. The summed E-state index contributed by atoms with van der Waals surface area (Å²) in [6.45, 7) is 3.89. The highest BCUT2D eigenvalue weighted by Crippen LogP contribution is 2.47. The van der Waals surface area contributed by atoms with Crippen molar-refractivity contribution in [2.24, 2.45) is 10.6 Å². The third kappa shape index (κ3) is 3.41. The molecule has 1 fully saturated rings. The Morgan fingerprint density at radius 2 is 2.05 bits per heavy atom. The summed E-state index contributed by atoms with van der Waals surface area (Å²) in [6, 6.07) is 2.15. The molecule has 0 aromatic heterocycles. The molecule has 1 aromatic rings. The van der Waals surface area contributed by atoms with Crippen LogP contribution in [0.3, 0.4) is 0 Å². The van der Waals surface area contributed by atoms with Crippen LogP contribution in [0.5, 0.6) is 0 Å². The van der Waals surface area contributed by atoms with Crippen LogP contribution in [-0.2, 0) is 10.0 Å². The Hall–Kier alpha value is -1.47. The maximum Gasteiger partial charge on any atom is 0.251 e. The molecule has 0 spiro atoms. The first-order valence-electron chi connectivity index (χ1n) is 6.80. The van der Waals surface area contributed by atoms with Gasteiger partial charge in [-0.3, -0.25) is 4.79 Å². The van der Waals surface area contributed by atoms with Crippen LogP contribution in [0.4, 0.5) is 4.39 Å². The molecule has 1 aliphatic carbocycles. The Bertz CT molecular complexity index is 682. The molecular weight excluding hydrogens is 295 g/mol. The largest absolute Gasteiger partial charge is 0.351 e. The smallest absolute Gasteiger partial charge is 0.251 e. The Labute approximate surface area is 123 Å². The zero-order valence-corrected chi connectivity index (χ0v) is 12.9. The lowest BCUT2D eigenvalue weighted by atomic mass is 10.0. The van der Waals surface area contributed by atoms with Gasteiger partial charge in [0.05, 0.1) is 4.90 Å². The zero-order chi connectivity index (χ0) is 15.8. The molecule has 7 heteroatoms. The van der Waals surface area contributed by atoms with E-state index in [9.17, 15) is 17.6 Å². The summed E-state index contributed by atoms with van der Waals surface area (Å²) in [5.41, 5.74) is 0.0390. The van der Waals surface area contributed by atoms with Crippen LogP contribution in [0, 0.1) is 18.2 Å². The van der Waals surface area contributed by atoms with E-state index >= 15 is 0 Å². The van der Waals surface area contributed by atoms with Crippen LogP contribution >= 0.6 is 0 Å². The van der Waals surface area contributed by atoms with Crippen molar-refractivity contribution >= 4 is 15.9 Å². The number of carbonyl (C=O) groups is 1. The molecule has 0 bridgehead atoms. The van der Waals surface area contributed by atoms with Gasteiger partial charge in [0.1, 0.15) is 5.82 Å². The van der Waals surface area contributed by atoms with E-state index in [-0.39, 0.29) is 21.4 Å². The number of hydrogen-bond acceptors (Lipinski definition) is 3. The van der Waals surface area contributed by atoms with E-state index in [1.54, 1.807) is 0 Å². The van der Waals surface area contributed by atoms with E-state index in [2.05, 4.69) is 12.2 Å². The number of nitrogens with one attached hydrogen (secondary N) is 1. The molecule has 2 rings (SSSR count). The van der Waals surface area contributed by atoms with Gasteiger partial charge in [-0.05, 0) is 43.7 Å². The minimum Gasteiger partial charge on any atom is -0.351 e. The zero-order valence-electron chi connectivity index (χ0n) is 12.1. The fraction of sp³-hybridized carbons (Fsp3) is 0.500. The molecule has 116 valence electrons. The van der Waals surface area contributed by atoms with Crippen molar-refractivity contribution in [1.82, 2.24) is 5.32 Å². The standard InChI is InChI=1S/C14H19FN2O3S/c1-3-14(4-5-14)8-17-13(18)10-6-11(15)9(2)12(7-10)21(16,19)20/h6-7H,3-5,8H2,1-2H3,(H,17,18)(H2,16,19,20). The highest BCUT2D eigenvalue weighted by atomic mass is 32.2. The molecular formula is C14H19FN2O3S. The number of hydrogen-bond donors (Lipinski definition) is 2. The second kappa shape index (κ2) is 5.38. The fourth-order valence-corrected chi connectivity index (χ4v) is 3.10. The van der Waals surface area contributed by atoms with Gasteiger partial charge in [-0.25, -0.2) is 17.9 Å². The summed E-state index contributed by atoms with van der Waals surface area (Å²) in [5, 5.41) is 7.78. The monoisotopic (exact) mass is 314 g/mol. The summed E-state index contributed by atoms with van der Waals surface area (Å²) >= 11 is 0. The molecule has 0 aliphatic heterocycles. The number of rotatable bonds is 5. The van der Waals surface area contributed by atoms with E-state index in [4.69, 9.17) is 5.14 Å². The number of amides is 1. The van der Waals surface area contributed by atoms with Crippen LogP contribution in [0.1, 0.15) is 42.1 Å². The lowest BCUT2D eigenvalue weighted by molar-refractivity contribution is 0.0943. The number of benzene rings is 1. The van der Waals surface area contributed by atoms with Crippen LogP contribution in [-0.4, -0.2) is 20.9 Å². The molecule has 5 nitrogen and oxygen atoms in total. The van der Waals surface area contributed by atoms with Crippen molar-refractivity contribution in [3.05, 3.63) is 29.1 Å². The maximum atomic E-state index is 13.8. The summed E-state index contributed by atoms with van der Waals surface area (Å²) in [4.78, 5) is 11.7. The normalized spacial score (nSPS) is 16.6. The fourth-order valence-electron chi connectivity index (χ4n) is 2.28. The topological polar surface area (TPSA) is 89.3 Å². The van der Waals surface area contributed by atoms with Crippen molar-refractivity contribution in [3.63, 3.8) is 0 Å². The number of carbonyl (C=O) groups excluding carboxylic acids is 1. The van der Waals surface area contributed by atoms with E-state index in [0.717, 1.165) is 31.4 Å². The van der Waals surface area contributed by atoms with Gasteiger partial charge in [0, 0.05) is 17.7 Å². The van der Waals surface area contributed by atoms with Crippen molar-refractivity contribution in [1.29, 1.82) is 0 Å². The molecule has 0 heterocycles. The molecule has 1 saturated carbocycles. The van der Waals surface area contributed by atoms with Gasteiger partial charge in [-0.2, -0.15) is 0 Å². The Morgan fingerprint density at radius 3 is 2.52 bits per heavy atom. The molecule has 1 aromatic carbocycles. The van der Waals surface area contributed by atoms with E-state index in [0.29, 0.717) is 6.54 Å². The Kier molecular flexibility index (Phi) is 4.08. The lowest BCUT2D eigenvalue weighted by Crippen LogP contribution is -2.30. The van der Waals surface area contributed by atoms with Gasteiger partial charge < -0.3 is 5.32 Å². The lowest BCUT2D eigenvalue weighted by Gasteiger charge is -2.14. The molecule has 1 aliphatic rings. The average molecular weight is 314 g/mol. The summed E-state index contributed by atoms with van der Waals surface area (Å²) in [7, 11) is -4.07. The first-order chi connectivity index (χ1) is 9.68. The van der Waals surface area contributed by atoms with E-state index in [1.807, 2.05) is 0 Å².